The van der Waals surface area contributed by atoms with E-state index in [4.69, 9.17) is 25.2 Å². The lowest BCUT2D eigenvalue weighted by Gasteiger charge is -2.37. The molecule has 4 aliphatic heterocycles. The zero-order valence-electron chi connectivity index (χ0n) is 39.5. The van der Waals surface area contributed by atoms with E-state index >= 15 is 0 Å². The molecule has 2 amide bonds. The summed E-state index contributed by atoms with van der Waals surface area (Å²) in [6.45, 7) is 1.47. The predicted octanol–water partition coefficient (Wildman–Crippen LogP) is 13.9. The minimum Gasteiger partial charge on any atom is -0.485 e. The lowest BCUT2D eigenvalue weighted by molar-refractivity contribution is -0.134. The van der Waals surface area contributed by atoms with Crippen molar-refractivity contribution < 1.29 is 19.1 Å². The molecule has 4 aromatic rings. The third kappa shape index (κ3) is 11.0. The van der Waals surface area contributed by atoms with Gasteiger partial charge in [-0.05, 0) is 104 Å². The fraction of sp³-hybridized carbons (Fsp3) is 0.491. The summed E-state index contributed by atoms with van der Waals surface area (Å²) in [6.07, 6.45) is 19.5. The number of halogens is 3. The third-order valence-electron chi connectivity index (χ3n) is 15.4. The van der Waals surface area contributed by atoms with Crippen molar-refractivity contribution in [2.24, 2.45) is 33.5 Å². The molecule has 2 spiro atoms. The highest BCUT2D eigenvalue weighted by Gasteiger charge is 2.56. The summed E-state index contributed by atoms with van der Waals surface area (Å²) in [7, 11) is 0. The molecule has 0 saturated heterocycles. The van der Waals surface area contributed by atoms with E-state index in [2.05, 4.69) is 55.0 Å². The van der Waals surface area contributed by atoms with E-state index in [1.165, 1.54) is 83.5 Å². The fourth-order valence-electron chi connectivity index (χ4n) is 11.8. The maximum absolute atomic E-state index is 14.6. The highest BCUT2D eigenvalue weighted by Crippen LogP contribution is 2.53. The Labute approximate surface area is 446 Å². The van der Waals surface area contributed by atoms with E-state index in [0.717, 1.165) is 73.2 Å². The van der Waals surface area contributed by atoms with Crippen LogP contribution in [0.2, 0.25) is 0 Å². The summed E-state index contributed by atoms with van der Waals surface area (Å²) in [5, 5.41) is 0.945. The monoisotopic (exact) mass is 1190 g/mol. The van der Waals surface area contributed by atoms with Crippen molar-refractivity contribution in [1.82, 2.24) is 16.0 Å². The molecule has 0 aromatic heterocycles. The number of nitrogens with zero attached hydrogens (tertiary/aromatic N) is 4. The Morgan fingerprint density at radius 1 is 0.580 bits per heavy atom. The second-order valence-corrected chi connectivity index (χ2v) is 22.8. The summed E-state index contributed by atoms with van der Waals surface area (Å²) in [5.41, 5.74) is 8.25. The van der Waals surface area contributed by atoms with Crippen LogP contribution >= 0.6 is 67.6 Å². The van der Waals surface area contributed by atoms with Crippen molar-refractivity contribution in [2.75, 3.05) is 18.8 Å². The molecule has 368 valence electrons. The topological polar surface area (TPSA) is 145 Å². The number of aliphatic imine (C=N–C) groups is 2. The number of fused-ring (bicyclic) bond motifs is 4. The van der Waals surface area contributed by atoms with Crippen molar-refractivity contribution in [1.29, 1.82) is 0 Å². The second-order valence-electron chi connectivity index (χ2n) is 20.0. The van der Waals surface area contributed by atoms with Gasteiger partial charge in [-0.1, -0.05) is 162 Å². The molecule has 3 aliphatic carbocycles. The standard InChI is InChI=1S/C31H37BrN2O2S.C24H26BrN3O2.HI.H3N/c32-25-16-17-27-26(18-25)31(19-28(36-27)24-14-8-3-9-15-24)29(35)34(20-22-10-4-1-5-11-22)30(33-31)37-21-23-12-6-2-7-13-23;25-18-11-12-20-19(13-18)24(14-21(30-20)17-9-5-2-6-10-17)22(29)28(23(26)27-24)15-16-7-3-1-4-8-16;;/h3,8-9,14-18,22-23,28H,1-2,4-7,10-13,19-21H2;2,5-6,9-13,16,21H,1,3-4,7-8,14-15H2,(H2,26,27);1H;1H3. The molecular formula is C55H67Br2IN6O4S. The molecule has 10 nitrogen and oxygen atoms in total. The molecule has 4 heterocycles. The zero-order chi connectivity index (χ0) is 46.0. The van der Waals surface area contributed by atoms with Crippen LogP contribution in [0.5, 0.6) is 11.5 Å². The fourth-order valence-corrected chi connectivity index (χ4v) is 13.8. The molecule has 3 fully saturated rings. The van der Waals surface area contributed by atoms with Crippen LogP contribution in [0.3, 0.4) is 0 Å². The number of amidine groups is 1. The molecule has 69 heavy (non-hydrogen) atoms. The van der Waals surface area contributed by atoms with Gasteiger partial charge in [-0.3, -0.25) is 19.4 Å². The van der Waals surface area contributed by atoms with Crippen molar-refractivity contribution in [3.05, 3.63) is 128 Å². The van der Waals surface area contributed by atoms with Crippen LogP contribution in [0.15, 0.2) is 116 Å². The molecule has 5 N–H and O–H groups in total. The van der Waals surface area contributed by atoms with Crippen LogP contribution in [-0.2, 0) is 20.7 Å². The van der Waals surface area contributed by atoms with E-state index < -0.39 is 11.1 Å². The summed E-state index contributed by atoms with van der Waals surface area (Å²) >= 11 is 9.05. The van der Waals surface area contributed by atoms with Gasteiger partial charge >= 0.3 is 0 Å². The van der Waals surface area contributed by atoms with Crippen molar-refractivity contribution >= 4 is 90.5 Å². The van der Waals surface area contributed by atoms with Crippen molar-refractivity contribution in [3.8, 4) is 11.5 Å². The SMILES string of the molecule is I.N.NC1=NC2(CC(c3ccccc3)Oc3ccc(Br)cc32)C(=O)N1CC1CCCCC1.O=C1N(CC2CCCCC2)C(SCC2CCCCC2)=NC12CC(c1ccccc1)Oc1ccc(Br)cc12. The molecule has 4 atom stereocenters. The van der Waals surface area contributed by atoms with E-state index in [-0.39, 0.29) is 54.1 Å². The molecule has 0 bridgehead atoms. The second kappa shape index (κ2) is 23.0. The number of ether oxygens (including phenoxy) is 2. The lowest BCUT2D eigenvalue weighted by Crippen LogP contribution is -2.47. The quantitative estimate of drug-likeness (QED) is 0.167. The van der Waals surface area contributed by atoms with Crippen molar-refractivity contribution in [3.63, 3.8) is 0 Å². The Morgan fingerprint density at radius 2 is 1.00 bits per heavy atom. The summed E-state index contributed by atoms with van der Waals surface area (Å²) < 4.78 is 14.7. The largest absolute Gasteiger partial charge is 0.485 e. The Hall–Kier alpha value is -3.44. The number of carbonyl (C=O) groups excluding carboxylic acids is 2. The number of hydrogen-bond acceptors (Lipinski definition) is 9. The summed E-state index contributed by atoms with van der Waals surface area (Å²) in [4.78, 5) is 42.5. The maximum Gasteiger partial charge on any atom is 0.262 e. The number of benzene rings is 4. The minimum absolute atomic E-state index is 0. The third-order valence-corrected chi connectivity index (χ3v) is 17.6. The van der Waals surface area contributed by atoms with Gasteiger partial charge in [0.15, 0.2) is 22.2 Å². The maximum atomic E-state index is 14.6. The predicted molar refractivity (Wildman–Crippen MR) is 296 cm³/mol. The first kappa shape index (κ1) is 51.9. The van der Waals surface area contributed by atoms with Crippen LogP contribution in [0.1, 0.15) is 144 Å². The summed E-state index contributed by atoms with van der Waals surface area (Å²) in [5.74, 6) is 4.80. The van der Waals surface area contributed by atoms with E-state index in [1.807, 2.05) is 90.6 Å². The Bertz CT molecular complexity index is 2480. The number of thioether (sulfide) groups is 1. The van der Waals surface area contributed by atoms with Gasteiger partial charge in [-0.25, -0.2) is 9.98 Å². The molecule has 11 rings (SSSR count). The smallest absolute Gasteiger partial charge is 0.262 e. The highest BCUT2D eigenvalue weighted by atomic mass is 127. The van der Waals surface area contributed by atoms with Gasteiger partial charge in [-0.15, -0.1) is 24.0 Å². The van der Waals surface area contributed by atoms with E-state index in [0.29, 0.717) is 42.9 Å². The Balaban J connectivity index is 0.000000184. The zero-order valence-corrected chi connectivity index (χ0v) is 45.9. The molecule has 4 aromatic carbocycles. The van der Waals surface area contributed by atoms with Crippen LogP contribution < -0.4 is 21.4 Å². The van der Waals surface area contributed by atoms with Gasteiger partial charge < -0.3 is 21.4 Å². The number of nitrogens with two attached hydrogens (primary N) is 1. The van der Waals surface area contributed by atoms with Gasteiger partial charge in [0.1, 0.15) is 23.7 Å². The van der Waals surface area contributed by atoms with Crippen LogP contribution in [0.4, 0.5) is 0 Å². The number of hydrogen-bond donors (Lipinski definition) is 2. The Kier molecular flexibility index (Phi) is 17.3. The first-order valence-electron chi connectivity index (χ1n) is 24.9. The number of amides is 2. The first-order valence-corrected chi connectivity index (χ1v) is 27.5. The first-order chi connectivity index (χ1) is 32.7. The van der Waals surface area contributed by atoms with Crippen LogP contribution in [0, 0.1) is 17.8 Å². The van der Waals surface area contributed by atoms with Crippen LogP contribution in [0.25, 0.3) is 0 Å². The van der Waals surface area contributed by atoms with E-state index in [1.54, 1.807) is 4.90 Å². The van der Waals surface area contributed by atoms with Gasteiger partial charge in [0.05, 0.1) is 0 Å². The average molecular weight is 1190 g/mol. The molecule has 14 heteroatoms. The molecule has 0 radical (unpaired) electrons. The molecule has 4 unspecified atom stereocenters. The Morgan fingerprint density at radius 3 is 1.48 bits per heavy atom. The molecular weight excluding hydrogens is 1130 g/mol. The van der Waals surface area contributed by atoms with Crippen molar-refractivity contribution in [2.45, 2.75) is 132 Å². The molecule has 7 aliphatic rings. The number of carbonyl (C=O) groups is 2. The highest BCUT2D eigenvalue weighted by molar-refractivity contribution is 14.0. The number of guanidine groups is 1. The molecule has 3 saturated carbocycles. The number of rotatable bonds is 8. The van der Waals surface area contributed by atoms with Crippen LogP contribution in [-0.4, -0.2) is 51.6 Å². The van der Waals surface area contributed by atoms with E-state index in [9.17, 15) is 9.59 Å². The average Bonchev–Trinajstić information content (AvgIpc) is 3.76. The van der Waals surface area contributed by atoms with Gasteiger partial charge in [-0.2, -0.15) is 0 Å². The van der Waals surface area contributed by atoms with Gasteiger partial charge in [0, 0.05) is 51.8 Å². The van der Waals surface area contributed by atoms with Gasteiger partial charge in [0.25, 0.3) is 11.8 Å². The summed E-state index contributed by atoms with van der Waals surface area (Å²) in [6, 6.07) is 32.2. The minimum atomic E-state index is -1.03. The lowest BCUT2D eigenvalue weighted by atomic mass is 9.80. The van der Waals surface area contributed by atoms with Gasteiger partial charge in [0.2, 0.25) is 0 Å². The normalized spacial score (nSPS) is 25.8.